The van der Waals surface area contributed by atoms with E-state index in [-0.39, 0.29) is 5.03 Å². The molecule has 0 aliphatic rings. The van der Waals surface area contributed by atoms with Crippen LogP contribution in [-0.4, -0.2) is 17.6 Å². The van der Waals surface area contributed by atoms with E-state index in [2.05, 4.69) is 4.98 Å². The van der Waals surface area contributed by atoms with Gasteiger partial charge in [0.25, 0.3) is 0 Å². The topological polar surface area (TPSA) is 39.2 Å². The highest BCUT2D eigenvalue weighted by atomic mass is 35.5. The van der Waals surface area contributed by atoms with Gasteiger partial charge in [0.2, 0.25) is 0 Å². The third-order valence-corrected chi connectivity index (χ3v) is 1.71. The Labute approximate surface area is 87.4 Å². The summed E-state index contributed by atoms with van der Waals surface area (Å²) < 4.78 is 4.72. The number of halogens is 1. The van der Waals surface area contributed by atoms with E-state index in [1.807, 2.05) is 0 Å². The number of nitrogens with zero attached hydrogens (tertiary/aromatic N) is 1. The molecule has 0 aliphatic heterocycles. The summed E-state index contributed by atoms with van der Waals surface area (Å²) in [6.07, 6.45) is 4.78. The summed E-state index contributed by atoms with van der Waals surface area (Å²) in [4.78, 5) is 15.0. The Morgan fingerprint density at radius 3 is 3.07 bits per heavy atom. The van der Waals surface area contributed by atoms with E-state index >= 15 is 0 Å². The summed E-state index contributed by atoms with van der Waals surface area (Å²) in [5, 5.41) is 0.0554. The first-order valence-electron chi connectivity index (χ1n) is 4.18. The third kappa shape index (κ3) is 3.18. The molecule has 0 saturated carbocycles. The molecule has 0 N–H and O–H groups in total. The van der Waals surface area contributed by atoms with Crippen molar-refractivity contribution in [2.45, 2.75) is 6.92 Å². The van der Waals surface area contributed by atoms with Crippen LogP contribution in [0.4, 0.5) is 0 Å². The lowest BCUT2D eigenvalue weighted by Gasteiger charge is -1.99. The number of aromatic nitrogens is 1. The van der Waals surface area contributed by atoms with Gasteiger partial charge in [-0.15, -0.1) is 0 Å². The molecule has 0 aromatic carbocycles. The first-order valence-corrected chi connectivity index (χ1v) is 4.56. The molecule has 0 saturated heterocycles. The van der Waals surface area contributed by atoms with Crippen molar-refractivity contribution >= 4 is 23.6 Å². The largest absolute Gasteiger partial charge is 0.462 e. The Bertz CT molecular complexity index is 335. The molecule has 1 aromatic heterocycles. The van der Waals surface area contributed by atoms with Crippen molar-refractivity contribution in [2.24, 2.45) is 0 Å². The van der Waals surface area contributed by atoms with Gasteiger partial charge in [0.1, 0.15) is 5.03 Å². The van der Waals surface area contributed by atoms with E-state index in [9.17, 15) is 4.79 Å². The molecule has 0 atom stereocenters. The Hall–Kier alpha value is -1.35. The summed E-state index contributed by atoms with van der Waals surface area (Å²) in [5.41, 5.74) is 0.769. The van der Waals surface area contributed by atoms with Crippen LogP contribution in [0.5, 0.6) is 0 Å². The highest BCUT2D eigenvalue weighted by Gasteiger charge is 2.06. The average Bonchev–Trinajstić information content (AvgIpc) is 2.19. The van der Waals surface area contributed by atoms with E-state index in [0.29, 0.717) is 6.61 Å². The van der Waals surface area contributed by atoms with E-state index in [1.165, 1.54) is 6.08 Å². The monoisotopic (exact) mass is 211 g/mol. The molecule has 0 spiro atoms. The zero-order chi connectivity index (χ0) is 10.4. The van der Waals surface area contributed by atoms with Crippen molar-refractivity contribution in [1.29, 1.82) is 0 Å². The van der Waals surface area contributed by atoms with Gasteiger partial charge in [-0.2, -0.15) is 0 Å². The number of rotatable bonds is 3. The minimum Gasteiger partial charge on any atom is -0.462 e. The molecule has 4 heteroatoms. The average molecular weight is 212 g/mol. The molecule has 0 fully saturated rings. The number of esters is 1. The normalized spacial score (nSPS) is 11.1. The van der Waals surface area contributed by atoms with Crippen molar-refractivity contribution in [2.75, 3.05) is 6.61 Å². The Morgan fingerprint density at radius 2 is 2.50 bits per heavy atom. The van der Waals surface area contributed by atoms with Gasteiger partial charge in [0, 0.05) is 12.4 Å². The van der Waals surface area contributed by atoms with Gasteiger partial charge in [0.05, 0.1) is 6.61 Å². The standard InChI is InChI=1S/C10H10ClNO2/c1-2-14-10(13)9(11)6-8-4-3-5-12-7-8/h3-7H,2H2,1H3/b9-6-. The van der Waals surface area contributed by atoms with Crippen LogP contribution in [0, 0.1) is 0 Å². The van der Waals surface area contributed by atoms with Gasteiger partial charge < -0.3 is 4.74 Å². The van der Waals surface area contributed by atoms with Crippen molar-refractivity contribution in [3.8, 4) is 0 Å². The molecule has 14 heavy (non-hydrogen) atoms. The molecule has 0 amide bonds. The zero-order valence-corrected chi connectivity index (χ0v) is 8.49. The van der Waals surface area contributed by atoms with Crippen LogP contribution in [0.15, 0.2) is 29.6 Å². The maximum absolute atomic E-state index is 11.1. The molecular formula is C10H10ClNO2. The number of ether oxygens (including phenoxy) is 1. The quantitative estimate of drug-likeness (QED) is 0.569. The summed E-state index contributed by atoms with van der Waals surface area (Å²) >= 11 is 5.70. The summed E-state index contributed by atoms with van der Waals surface area (Å²) in [6.45, 7) is 2.04. The number of carbonyl (C=O) groups excluding carboxylic acids is 1. The fourth-order valence-corrected chi connectivity index (χ4v) is 1.05. The number of hydrogen-bond donors (Lipinski definition) is 0. The van der Waals surface area contributed by atoms with Crippen LogP contribution in [-0.2, 0) is 9.53 Å². The van der Waals surface area contributed by atoms with Crippen molar-refractivity contribution in [1.82, 2.24) is 4.98 Å². The summed E-state index contributed by atoms with van der Waals surface area (Å²) in [5.74, 6) is -0.516. The smallest absolute Gasteiger partial charge is 0.349 e. The van der Waals surface area contributed by atoms with Crippen molar-refractivity contribution in [3.63, 3.8) is 0 Å². The van der Waals surface area contributed by atoms with Crippen LogP contribution >= 0.6 is 11.6 Å². The molecule has 0 radical (unpaired) electrons. The van der Waals surface area contributed by atoms with Gasteiger partial charge in [-0.25, -0.2) is 4.79 Å². The first kappa shape index (κ1) is 10.7. The molecule has 0 aliphatic carbocycles. The Morgan fingerprint density at radius 1 is 1.71 bits per heavy atom. The molecule has 1 heterocycles. The fourth-order valence-electron chi connectivity index (χ4n) is 0.867. The van der Waals surface area contributed by atoms with Gasteiger partial charge >= 0.3 is 5.97 Å². The van der Waals surface area contributed by atoms with E-state index < -0.39 is 5.97 Å². The predicted molar refractivity (Wildman–Crippen MR) is 54.7 cm³/mol. The minimum atomic E-state index is -0.516. The molecule has 1 rings (SSSR count). The number of carbonyl (C=O) groups is 1. The molecule has 0 unspecified atom stereocenters. The molecule has 1 aromatic rings. The lowest BCUT2D eigenvalue weighted by molar-refractivity contribution is -0.137. The van der Waals surface area contributed by atoms with Gasteiger partial charge in [-0.05, 0) is 24.6 Å². The van der Waals surface area contributed by atoms with Gasteiger partial charge in [-0.1, -0.05) is 17.7 Å². The van der Waals surface area contributed by atoms with Crippen LogP contribution in [0.2, 0.25) is 0 Å². The number of pyridine rings is 1. The van der Waals surface area contributed by atoms with Gasteiger partial charge in [0.15, 0.2) is 0 Å². The second-order valence-electron chi connectivity index (χ2n) is 2.50. The Balaban J connectivity index is 2.74. The van der Waals surface area contributed by atoms with Crippen LogP contribution in [0.25, 0.3) is 6.08 Å². The van der Waals surface area contributed by atoms with Crippen molar-refractivity contribution < 1.29 is 9.53 Å². The highest BCUT2D eigenvalue weighted by molar-refractivity contribution is 6.43. The van der Waals surface area contributed by atoms with Crippen LogP contribution in [0.3, 0.4) is 0 Å². The number of hydrogen-bond acceptors (Lipinski definition) is 3. The molecule has 74 valence electrons. The van der Waals surface area contributed by atoms with Crippen LogP contribution < -0.4 is 0 Å². The van der Waals surface area contributed by atoms with Crippen molar-refractivity contribution in [3.05, 3.63) is 35.1 Å². The zero-order valence-electron chi connectivity index (χ0n) is 7.74. The minimum absolute atomic E-state index is 0.0554. The first-order chi connectivity index (χ1) is 6.74. The maximum Gasteiger partial charge on any atom is 0.349 e. The van der Waals surface area contributed by atoms with E-state index in [1.54, 1.807) is 31.5 Å². The lowest BCUT2D eigenvalue weighted by Crippen LogP contribution is -2.03. The molecular weight excluding hydrogens is 202 g/mol. The summed E-state index contributed by atoms with van der Waals surface area (Å²) in [6, 6.07) is 3.57. The second kappa shape index (κ2) is 5.40. The van der Waals surface area contributed by atoms with Gasteiger partial charge in [-0.3, -0.25) is 4.98 Å². The predicted octanol–water partition coefficient (Wildman–Crippen LogP) is 2.22. The molecule has 0 bridgehead atoms. The second-order valence-corrected chi connectivity index (χ2v) is 2.91. The van der Waals surface area contributed by atoms with Crippen LogP contribution in [0.1, 0.15) is 12.5 Å². The highest BCUT2D eigenvalue weighted by Crippen LogP contribution is 2.10. The fraction of sp³-hybridized carbons (Fsp3) is 0.200. The maximum atomic E-state index is 11.1. The SMILES string of the molecule is CCOC(=O)/C(Cl)=C/c1cccnc1. The summed E-state index contributed by atoms with van der Waals surface area (Å²) in [7, 11) is 0. The van der Waals surface area contributed by atoms with E-state index in [0.717, 1.165) is 5.56 Å². The van der Waals surface area contributed by atoms with E-state index in [4.69, 9.17) is 16.3 Å². The molecule has 3 nitrogen and oxygen atoms in total. The lowest BCUT2D eigenvalue weighted by atomic mass is 10.2. The third-order valence-electron chi connectivity index (χ3n) is 1.45. The Kier molecular flexibility index (Phi) is 4.13.